The summed E-state index contributed by atoms with van der Waals surface area (Å²) in [7, 11) is 0. The van der Waals surface area contributed by atoms with Crippen LogP contribution < -0.4 is 72.0 Å². The molecule has 0 aliphatic carbocycles. The Labute approximate surface area is 385 Å². The van der Waals surface area contributed by atoms with Gasteiger partial charge in [-0.1, -0.05) is 47.6 Å². The molecule has 0 radical (unpaired) electrons. The number of carbonyl (C=O) groups excluding carboxylic acids is 4. The molecule has 0 aromatic heterocycles. The summed E-state index contributed by atoms with van der Waals surface area (Å²) < 4.78 is 0. The van der Waals surface area contributed by atoms with Gasteiger partial charge in [0.2, 0.25) is 11.8 Å². The van der Waals surface area contributed by atoms with Gasteiger partial charge in [-0.2, -0.15) is 0 Å². The summed E-state index contributed by atoms with van der Waals surface area (Å²) in [6.45, 7) is 13.7. The first-order chi connectivity index (χ1) is 30.0. The van der Waals surface area contributed by atoms with Gasteiger partial charge in [-0.25, -0.2) is 0 Å². The fourth-order valence-corrected chi connectivity index (χ4v) is 7.87. The molecule has 3 aromatic carbocycles. The maximum Gasteiger partial charge on any atom is 0.255 e. The van der Waals surface area contributed by atoms with Gasteiger partial charge in [0.15, 0.2) is 5.96 Å². The van der Waals surface area contributed by atoms with Crippen molar-refractivity contribution < 1.29 is 19.2 Å². The first-order valence-corrected chi connectivity index (χ1v) is 23.2. The maximum absolute atomic E-state index is 14.1. The van der Waals surface area contributed by atoms with Gasteiger partial charge in [0.25, 0.3) is 11.8 Å². The zero-order chi connectivity index (χ0) is 47.8. The van der Waals surface area contributed by atoms with Crippen LogP contribution in [-0.2, 0) is 20.4 Å². The van der Waals surface area contributed by atoms with Gasteiger partial charge in [0.1, 0.15) is 6.29 Å². The quantitative estimate of drug-likeness (QED) is 0.0213. The van der Waals surface area contributed by atoms with E-state index < -0.39 is 36.1 Å². The number of thioether (sulfide) groups is 2. The fourth-order valence-electron chi connectivity index (χ4n) is 6.17. The Hall–Kier alpha value is -4.77. The third-order valence-electron chi connectivity index (χ3n) is 9.79. The number of guanidine groups is 1. The molecular weight excluding hydrogens is 853 g/mol. The van der Waals surface area contributed by atoms with Crippen molar-refractivity contribution in [3.63, 3.8) is 0 Å². The largest absolute Gasteiger partial charge is 0.370 e. The van der Waals surface area contributed by atoms with Gasteiger partial charge in [-0.05, 0) is 96.6 Å². The second-order valence-electron chi connectivity index (χ2n) is 17.4. The van der Waals surface area contributed by atoms with Gasteiger partial charge in [-0.15, -0.1) is 23.5 Å². The molecule has 64 heavy (non-hydrogen) atoms. The third-order valence-corrected chi connectivity index (χ3v) is 12.1. The first-order valence-electron chi connectivity index (χ1n) is 21.3. The lowest BCUT2D eigenvalue weighted by molar-refractivity contribution is -0.118. The second-order valence-corrected chi connectivity index (χ2v) is 19.6. The van der Waals surface area contributed by atoms with Gasteiger partial charge in [-0.3, -0.25) is 29.9 Å². The van der Waals surface area contributed by atoms with Crippen LogP contribution in [0.2, 0.25) is 0 Å². The molecule has 0 heterocycles. The SMILES string of the molecule is CC(C)(C)c1cc(NC(=O)c2cccc(C(=O)Nc3cc(C(C)(C)C)cc(NC(=O)[C@H](N)CCCNC(N)N)c3SCCN)c2)c(SCCN)c(NC(=O)[C@H](N)CCCNC(=N)N)c1. The zero-order valence-corrected chi connectivity index (χ0v) is 39.5. The zero-order valence-electron chi connectivity index (χ0n) is 37.9. The van der Waals surface area contributed by atoms with Gasteiger partial charge in [0.05, 0.1) is 44.6 Å². The molecule has 2 atom stereocenters. The highest BCUT2D eigenvalue weighted by molar-refractivity contribution is 7.99. The predicted octanol–water partition coefficient (Wildman–Crippen LogP) is 3.25. The van der Waals surface area contributed by atoms with E-state index in [1.807, 2.05) is 65.8 Å². The minimum absolute atomic E-state index is 0.160. The van der Waals surface area contributed by atoms with Crippen LogP contribution in [0.3, 0.4) is 0 Å². The summed E-state index contributed by atoms with van der Waals surface area (Å²) in [5.74, 6) is -0.948. The molecule has 18 nitrogen and oxygen atoms in total. The standard InChI is InChI=1S/C44H70N14O4S2/c1-43(2,3)27-21-31(35(63-18-14-45)33(23-27)57-39(61)29(47)12-8-16-53-41(49)50)55-37(59)25-10-7-11-26(20-25)38(60)56-32-22-28(44(4,5)6)24-34(36(32)64-19-15-46)58-40(62)30(48)13-9-17-54-42(51)52/h7,10-11,20-24,29-30,41,53H,8-9,12-19,45-50H2,1-6H3,(H,55,59)(H,56,60)(H,57,61)(H,58,62)(H4,51,52,54)/t29-,30-/m1/s1. The summed E-state index contributed by atoms with van der Waals surface area (Å²) in [4.78, 5) is 56.2. The van der Waals surface area contributed by atoms with E-state index in [0.29, 0.717) is 95.9 Å². The smallest absolute Gasteiger partial charge is 0.255 e. The Balaban J connectivity index is 1.98. The van der Waals surface area contributed by atoms with Crippen LogP contribution in [0, 0.1) is 5.41 Å². The molecule has 21 N–H and O–H groups in total. The first kappa shape index (κ1) is 53.6. The Morgan fingerprint density at radius 2 is 1.02 bits per heavy atom. The molecule has 4 amide bonds. The van der Waals surface area contributed by atoms with E-state index in [0.717, 1.165) is 11.1 Å². The molecule has 0 bridgehead atoms. The number of hydrogen-bond acceptors (Lipinski definition) is 14. The van der Waals surface area contributed by atoms with Crippen molar-refractivity contribution in [1.82, 2.24) is 10.6 Å². The van der Waals surface area contributed by atoms with Crippen LogP contribution in [0.25, 0.3) is 0 Å². The fraction of sp³-hybridized carbons (Fsp3) is 0.477. The molecule has 0 saturated carbocycles. The third kappa shape index (κ3) is 17.0. The summed E-state index contributed by atoms with van der Waals surface area (Å²) in [6, 6.07) is 12.2. The van der Waals surface area contributed by atoms with Crippen LogP contribution >= 0.6 is 23.5 Å². The van der Waals surface area contributed by atoms with E-state index in [1.54, 1.807) is 18.2 Å². The Morgan fingerprint density at radius 1 is 0.625 bits per heavy atom. The average molecular weight is 923 g/mol. The van der Waals surface area contributed by atoms with Gasteiger partial charge in [0, 0.05) is 42.3 Å². The van der Waals surface area contributed by atoms with Gasteiger partial charge < -0.3 is 66.7 Å². The number of amides is 4. The Bertz CT molecular complexity index is 2090. The van der Waals surface area contributed by atoms with E-state index in [4.69, 9.17) is 45.5 Å². The molecule has 3 aromatic rings. The molecule has 0 unspecified atom stereocenters. The number of rotatable bonds is 23. The number of hydrogen-bond donors (Lipinski definition) is 14. The number of benzene rings is 3. The molecule has 0 aliphatic heterocycles. The van der Waals surface area contributed by atoms with Crippen molar-refractivity contribution in [2.24, 2.45) is 40.1 Å². The van der Waals surface area contributed by atoms with Crippen molar-refractivity contribution >= 4 is 75.9 Å². The molecule has 352 valence electrons. The number of anilines is 4. The van der Waals surface area contributed by atoms with Crippen LogP contribution in [0.4, 0.5) is 22.7 Å². The lowest BCUT2D eigenvalue weighted by Gasteiger charge is -2.25. The molecule has 3 rings (SSSR count). The minimum atomic E-state index is -0.846. The molecule has 0 aliphatic rings. The molecule has 0 fully saturated rings. The normalized spacial score (nSPS) is 12.6. The lowest BCUT2D eigenvalue weighted by atomic mass is 9.86. The highest BCUT2D eigenvalue weighted by Crippen LogP contribution is 2.41. The second kappa shape index (κ2) is 25.1. The van der Waals surface area contributed by atoms with Crippen molar-refractivity contribution in [1.29, 1.82) is 5.41 Å². The summed E-state index contributed by atoms with van der Waals surface area (Å²) in [5.41, 5.74) is 44.1. The molecular formula is C44H70N14O4S2. The Kier molecular flexibility index (Phi) is 21.0. The number of carbonyl (C=O) groups is 4. The van der Waals surface area contributed by atoms with E-state index in [9.17, 15) is 19.2 Å². The van der Waals surface area contributed by atoms with Crippen molar-refractivity contribution in [2.75, 3.05) is 59.0 Å². The van der Waals surface area contributed by atoms with Crippen molar-refractivity contribution in [3.8, 4) is 0 Å². The van der Waals surface area contributed by atoms with Crippen molar-refractivity contribution in [2.45, 2.75) is 106 Å². The van der Waals surface area contributed by atoms with E-state index >= 15 is 0 Å². The highest BCUT2D eigenvalue weighted by atomic mass is 32.2. The molecule has 0 spiro atoms. The maximum atomic E-state index is 14.1. The summed E-state index contributed by atoms with van der Waals surface area (Å²) >= 11 is 2.76. The lowest BCUT2D eigenvalue weighted by Crippen LogP contribution is -2.46. The van der Waals surface area contributed by atoms with E-state index in [1.165, 1.54) is 29.6 Å². The predicted molar refractivity (Wildman–Crippen MR) is 264 cm³/mol. The van der Waals surface area contributed by atoms with Crippen LogP contribution in [0.1, 0.15) is 99.1 Å². The Morgan fingerprint density at radius 3 is 1.38 bits per heavy atom. The van der Waals surface area contributed by atoms with Gasteiger partial charge >= 0.3 is 0 Å². The molecule has 20 heteroatoms. The van der Waals surface area contributed by atoms with Crippen molar-refractivity contribution in [3.05, 3.63) is 70.8 Å². The minimum Gasteiger partial charge on any atom is -0.370 e. The topological polar surface area (TPSA) is 346 Å². The number of nitrogens with one attached hydrogen (secondary N) is 7. The summed E-state index contributed by atoms with van der Waals surface area (Å²) in [5, 5.41) is 25.0. The average Bonchev–Trinajstić information content (AvgIpc) is 3.22. The highest BCUT2D eigenvalue weighted by Gasteiger charge is 2.26. The van der Waals surface area contributed by atoms with E-state index in [2.05, 4.69) is 31.9 Å². The number of nitrogens with two attached hydrogens (primary N) is 7. The monoisotopic (exact) mass is 923 g/mol. The molecule has 0 saturated heterocycles. The van der Waals surface area contributed by atoms with E-state index in [-0.39, 0.29) is 33.8 Å². The van der Waals surface area contributed by atoms with Crippen LogP contribution in [0.5, 0.6) is 0 Å². The van der Waals surface area contributed by atoms with Crippen LogP contribution in [0.15, 0.2) is 58.3 Å². The summed E-state index contributed by atoms with van der Waals surface area (Å²) in [6.07, 6.45) is 1.15. The van der Waals surface area contributed by atoms with Crippen LogP contribution in [-0.4, -0.2) is 85.6 Å².